The molecule has 0 aliphatic heterocycles. The minimum atomic E-state index is -0.557. The molecule has 0 radical (unpaired) electrons. The standard InChI is InChI=1S/C11H11NO4/c1-3-4-16-11(14)9-5-8(6-12-7-9)10(13)15-2/h3,5-7H,1,4H2,2H3. The summed E-state index contributed by atoms with van der Waals surface area (Å²) in [5.41, 5.74) is 0.403. The maximum Gasteiger partial charge on any atom is 0.340 e. The van der Waals surface area contributed by atoms with Gasteiger partial charge in [-0.1, -0.05) is 12.7 Å². The van der Waals surface area contributed by atoms with E-state index < -0.39 is 11.9 Å². The number of nitrogens with zero attached hydrogens (tertiary/aromatic N) is 1. The van der Waals surface area contributed by atoms with E-state index in [9.17, 15) is 9.59 Å². The molecule has 1 aromatic rings. The lowest BCUT2D eigenvalue weighted by molar-refractivity contribution is 0.0549. The van der Waals surface area contributed by atoms with Crippen molar-refractivity contribution in [3.8, 4) is 0 Å². The molecule has 0 unspecified atom stereocenters. The summed E-state index contributed by atoms with van der Waals surface area (Å²) in [5, 5.41) is 0. The third-order valence-electron chi connectivity index (χ3n) is 1.73. The second-order valence-electron chi connectivity index (χ2n) is 2.84. The first-order valence-electron chi connectivity index (χ1n) is 4.50. The van der Waals surface area contributed by atoms with Crippen LogP contribution < -0.4 is 0 Å². The Balaban J connectivity index is 2.85. The fourth-order valence-corrected chi connectivity index (χ4v) is 0.999. The van der Waals surface area contributed by atoms with E-state index in [1.807, 2.05) is 0 Å². The van der Waals surface area contributed by atoms with Crippen LogP contribution in [-0.2, 0) is 9.47 Å². The summed E-state index contributed by atoms with van der Waals surface area (Å²) in [6.45, 7) is 3.53. The first kappa shape index (κ1) is 11.9. The van der Waals surface area contributed by atoms with E-state index in [1.54, 1.807) is 0 Å². The molecule has 0 saturated heterocycles. The number of pyridine rings is 1. The highest BCUT2D eigenvalue weighted by atomic mass is 16.5. The summed E-state index contributed by atoms with van der Waals surface area (Å²) in [7, 11) is 1.26. The Kier molecular flexibility index (Phi) is 4.20. The van der Waals surface area contributed by atoms with Crippen molar-refractivity contribution >= 4 is 11.9 Å². The lowest BCUT2D eigenvalue weighted by Gasteiger charge is -2.03. The Labute approximate surface area is 92.7 Å². The molecule has 1 heterocycles. The number of carbonyl (C=O) groups is 2. The first-order chi connectivity index (χ1) is 7.69. The average Bonchev–Trinajstić information content (AvgIpc) is 2.35. The van der Waals surface area contributed by atoms with Gasteiger partial charge in [-0.05, 0) is 6.07 Å². The molecule has 0 saturated carbocycles. The Morgan fingerprint density at radius 1 is 1.38 bits per heavy atom. The van der Waals surface area contributed by atoms with Crippen LogP contribution in [0.15, 0.2) is 31.1 Å². The van der Waals surface area contributed by atoms with Crippen LogP contribution in [0.1, 0.15) is 20.7 Å². The number of esters is 2. The van der Waals surface area contributed by atoms with Crippen molar-refractivity contribution in [1.82, 2.24) is 4.98 Å². The minimum absolute atomic E-state index is 0.112. The van der Waals surface area contributed by atoms with E-state index in [0.717, 1.165) is 0 Å². The molecule has 1 rings (SSSR count). The van der Waals surface area contributed by atoms with Crippen LogP contribution in [0.4, 0.5) is 0 Å². The van der Waals surface area contributed by atoms with E-state index in [4.69, 9.17) is 4.74 Å². The van der Waals surface area contributed by atoms with E-state index in [0.29, 0.717) is 0 Å². The Morgan fingerprint density at radius 2 is 2.00 bits per heavy atom. The predicted octanol–water partition coefficient (Wildman–Crippen LogP) is 1.21. The molecule has 5 heteroatoms. The van der Waals surface area contributed by atoms with E-state index in [-0.39, 0.29) is 17.7 Å². The third kappa shape index (κ3) is 2.91. The van der Waals surface area contributed by atoms with Crippen molar-refractivity contribution in [3.05, 3.63) is 42.2 Å². The summed E-state index contributed by atoms with van der Waals surface area (Å²) in [6.07, 6.45) is 4.09. The minimum Gasteiger partial charge on any atom is -0.465 e. The molecule has 0 spiro atoms. The second-order valence-corrected chi connectivity index (χ2v) is 2.84. The number of aromatic nitrogens is 1. The quantitative estimate of drug-likeness (QED) is 0.564. The van der Waals surface area contributed by atoms with E-state index in [2.05, 4.69) is 16.3 Å². The Bertz CT molecular complexity index is 414. The third-order valence-corrected chi connectivity index (χ3v) is 1.73. The summed E-state index contributed by atoms with van der Waals surface area (Å²) < 4.78 is 9.30. The van der Waals surface area contributed by atoms with Crippen LogP contribution in [0, 0.1) is 0 Å². The van der Waals surface area contributed by atoms with Crippen LogP contribution in [0.2, 0.25) is 0 Å². The molecule has 16 heavy (non-hydrogen) atoms. The first-order valence-corrected chi connectivity index (χ1v) is 4.50. The number of ether oxygens (including phenoxy) is 2. The fraction of sp³-hybridized carbons (Fsp3) is 0.182. The van der Waals surface area contributed by atoms with Gasteiger partial charge in [0.15, 0.2) is 0 Å². The van der Waals surface area contributed by atoms with Gasteiger partial charge in [-0.2, -0.15) is 0 Å². The van der Waals surface area contributed by atoms with Crippen LogP contribution >= 0.6 is 0 Å². The predicted molar refractivity (Wildman–Crippen MR) is 56.1 cm³/mol. The zero-order valence-electron chi connectivity index (χ0n) is 8.80. The van der Waals surface area contributed by atoms with Crippen molar-refractivity contribution in [2.75, 3.05) is 13.7 Å². The summed E-state index contributed by atoms with van der Waals surface area (Å²) in [5.74, 6) is -1.11. The normalized spacial score (nSPS) is 9.31. The highest BCUT2D eigenvalue weighted by molar-refractivity contribution is 5.94. The van der Waals surface area contributed by atoms with Gasteiger partial charge in [0.2, 0.25) is 0 Å². The van der Waals surface area contributed by atoms with Gasteiger partial charge in [-0.25, -0.2) is 9.59 Å². The molecular weight excluding hydrogens is 210 g/mol. The maximum atomic E-state index is 11.4. The van der Waals surface area contributed by atoms with Crippen molar-refractivity contribution in [3.63, 3.8) is 0 Å². The SMILES string of the molecule is C=CCOC(=O)c1cncc(C(=O)OC)c1. The van der Waals surface area contributed by atoms with Crippen LogP contribution in [0.25, 0.3) is 0 Å². The molecule has 0 aliphatic rings. The molecule has 0 atom stereocenters. The summed E-state index contributed by atoms with van der Waals surface area (Å²) in [6, 6.07) is 1.37. The van der Waals surface area contributed by atoms with E-state index in [1.165, 1.54) is 31.6 Å². The van der Waals surface area contributed by atoms with Crippen LogP contribution in [-0.4, -0.2) is 30.6 Å². The number of rotatable bonds is 4. The van der Waals surface area contributed by atoms with Gasteiger partial charge in [-0.15, -0.1) is 0 Å². The Hall–Kier alpha value is -2.17. The number of hydrogen-bond donors (Lipinski definition) is 0. The summed E-state index contributed by atoms with van der Waals surface area (Å²) >= 11 is 0. The van der Waals surface area contributed by atoms with Gasteiger partial charge in [0.05, 0.1) is 18.2 Å². The maximum absolute atomic E-state index is 11.4. The molecule has 1 aromatic heterocycles. The fourth-order valence-electron chi connectivity index (χ4n) is 0.999. The molecule has 84 valence electrons. The molecule has 0 aliphatic carbocycles. The number of hydrogen-bond acceptors (Lipinski definition) is 5. The zero-order valence-corrected chi connectivity index (χ0v) is 8.80. The van der Waals surface area contributed by atoms with E-state index >= 15 is 0 Å². The van der Waals surface area contributed by atoms with Gasteiger partial charge < -0.3 is 9.47 Å². The largest absolute Gasteiger partial charge is 0.465 e. The van der Waals surface area contributed by atoms with Gasteiger partial charge >= 0.3 is 11.9 Å². The van der Waals surface area contributed by atoms with Crippen molar-refractivity contribution in [2.24, 2.45) is 0 Å². The lowest BCUT2D eigenvalue weighted by Crippen LogP contribution is -2.08. The Morgan fingerprint density at radius 3 is 2.56 bits per heavy atom. The number of carbonyl (C=O) groups excluding carboxylic acids is 2. The topological polar surface area (TPSA) is 65.5 Å². The van der Waals surface area contributed by atoms with Crippen LogP contribution in [0.5, 0.6) is 0 Å². The molecular formula is C11H11NO4. The highest BCUT2D eigenvalue weighted by Crippen LogP contribution is 2.05. The van der Waals surface area contributed by atoms with Gasteiger partial charge in [0, 0.05) is 12.4 Å². The molecule has 0 N–H and O–H groups in total. The molecule has 0 fully saturated rings. The van der Waals surface area contributed by atoms with Crippen molar-refractivity contribution in [2.45, 2.75) is 0 Å². The zero-order chi connectivity index (χ0) is 12.0. The van der Waals surface area contributed by atoms with Gasteiger partial charge in [-0.3, -0.25) is 4.98 Å². The van der Waals surface area contributed by atoms with Gasteiger partial charge in [0.25, 0.3) is 0 Å². The second kappa shape index (κ2) is 5.65. The monoisotopic (exact) mass is 221 g/mol. The molecule has 0 bridgehead atoms. The van der Waals surface area contributed by atoms with Crippen molar-refractivity contribution < 1.29 is 19.1 Å². The number of methoxy groups -OCH3 is 1. The van der Waals surface area contributed by atoms with Crippen molar-refractivity contribution in [1.29, 1.82) is 0 Å². The molecule has 0 amide bonds. The average molecular weight is 221 g/mol. The van der Waals surface area contributed by atoms with Gasteiger partial charge in [0.1, 0.15) is 6.61 Å². The van der Waals surface area contributed by atoms with Crippen LogP contribution in [0.3, 0.4) is 0 Å². The molecule has 0 aromatic carbocycles. The lowest BCUT2D eigenvalue weighted by atomic mass is 10.2. The smallest absolute Gasteiger partial charge is 0.340 e. The highest BCUT2D eigenvalue weighted by Gasteiger charge is 2.11. The molecule has 5 nitrogen and oxygen atoms in total. The summed E-state index contributed by atoms with van der Waals surface area (Å²) in [4.78, 5) is 26.3.